The first-order valence-electron chi connectivity index (χ1n) is 7.92. The average molecular weight is 333 g/mol. The Morgan fingerprint density at radius 2 is 2.04 bits per heavy atom. The van der Waals surface area contributed by atoms with Gasteiger partial charge in [0.15, 0.2) is 0 Å². The fourth-order valence-corrected chi connectivity index (χ4v) is 2.78. The van der Waals surface area contributed by atoms with E-state index in [9.17, 15) is 9.18 Å². The largest absolute Gasteiger partial charge is 0.379 e. The summed E-state index contributed by atoms with van der Waals surface area (Å²) in [5.41, 5.74) is 1.61. The van der Waals surface area contributed by atoms with Crippen molar-refractivity contribution in [1.29, 1.82) is 0 Å². The number of halogens is 1. The van der Waals surface area contributed by atoms with Crippen LogP contribution in [0.2, 0.25) is 0 Å². The van der Waals surface area contributed by atoms with Gasteiger partial charge in [0.25, 0.3) is 5.91 Å². The highest BCUT2D eigenvalue weighted by atomic mass is 19.1. The predicted molar refractivity (Wildman–Crippen MR) is 85.1 cm³/mol. The van der Waals surface area contributed by atoms with E-state index < -0.39 is 0 Å². The number of hydrogen-bond acceptors (Lipinski definition) is 5. The molecule has 2 heterocycles. The van der Waals surface area contributed by atoms with Crippen molar-refractivity contribution in [3.63, 3.8) is 0 Å². The number of carbonyl (C=O) groups is 1. The zero-order chi connectivity index (χ0) is 16.9. The minimum absolute atomic E-state index is 0.0533. The molecule has 0 bridgehead atoms. The van der Waals surface area contributed by atoms with Gasteiger partial charge < -0.3 is 14.6 Å². The van der Waals surface area contributed by atoms with Crippen LogP contribution in [-0.2, 0) is 4.74 Å². The first-order valence-corrected chi connectivity index (χ1v) is 7.92. The predicted octanol–water partition coefficient (Wildman–Crippen LogP) is 1.93. The SMILES string of the molecule is Cc1cc(C(=O)NC[C@H](c2ccc(F)cc2)N2CCOCC2)on1. The van der Waals surface area contributed by atoms with Gasteiger partial charge in [-0.25, -0.2) is 4.39 Å². The smallest absolute Gasteiger partial charge is 0.289 e. The molecule has 3 rings (SSSR count). The van der Waals surface area contributed by atoms with Crippen molar-refractivity contribution in [2.75, 3.05) is 32.8 Å². The third kappa shape index (κ3) is 3.98. The van der Waals surface area contributed by atoms with Gasteiger partial charge in [0.1, 0.15) is 5.82 Å². The van der Waals surface area contributed by atoms with Gasteiger partial charge in [0.2, 0.25) is 5.76 Å². The number of carbonyl (C=O) groups excluding carboxylic acids is 1. The average Bonchev–Trinajstić information content (AvgIpc) is 3.04. The van der Waals surface area contributed by atoms with Crippen molar-refractivity contribution in [2.45, 2.75) is 13.0 Å². The van der Waals surface area contributed by atoms with Crippen LogP contribution in [0.15, 0.2) is 34.9 Å². The van der Waals surface area contributed by atoms with Crippen LogP contribution in [-0.4, -0.2) is 48.8 Å². The maximum Gasteiger partial charge on any atom is 0.289 e. The highest BCUT2D eigenvalue weighted by molar-refractivity contribution is 5.91. The lowest BCUT2D eigenvalue weighted by atomic mass is 10.0. The number of aromatic nitrogens is 1. The van der Waals surface area contributed by atoms with Crippen molar-refractivity contribution in [3.05, 3.63) is 53.2 Å². The summed E-state index contributed by atoms with van der Waals surface area (Å²) in [6, 6.07) is 7.91. The first-order chi connectivity index (χ1) is 11.6. The van der Waals surface area contributed by atoms with E-state index in [1.807, 2.05) is 0 Å². The number of ether oxygens (including phenoxy) is 1. The molecule has 7 heteroatoms. The Bertz CT molecular complexity index is 681. The highest BCUT2D eigenvalue weighted by Crippen LogP contribution is 2.22. The Morgan fingerprint density at radius 1 is 1.33 bits per heavy atom. The van der Waals surface area contributed by atoms with Crippen LogP contribution in [0.5, 0.6) is 0 Å². The number of nitrogens with one attached hydrogen (secondary N) is 1. The molecule has 128 valence electrons. The van der Waals surface area contributed by atoms with E-state index in [2.05, 4.69) is 15.4 Å². The van der Waals surface area contributed by atoms with Gasteiger partial charge in [0, 0.05) is 25.7 Å². The van der Waals surface area contributed by atoms with Crippen LogP contribution in [0.1, 0.15) is 27.9 Å². The Hall–Kier alpha value is -2.25. The zero-order valence-electron chi connectivity index (χ0n) is 13.5. The van der Waals surface area contributed by atoms with Gasteiger partial charge in [-0.05, 0) is 24.6 Å². The molecule has 0 saturated carbocycles. The van der Waals surface area contributed by atoms with Crippen molar-refractivity contribution < 1.29 is 18.4 Å². The maximum absolute atomic E-state index is 13.2. The summed E-state index contributed by atoms with van der Waals surface area (Å²) in [5.74, 6) is -0.399. The molecule has 1 N–H and O–H groups in total. The lowest BCUT2D eigenvalue weighted by Crippen LogP contribution is -2.43. The number of aryl methyl sites for hydroxylation is 1. The number of rotatable bonds is 5. The summed E-state index contributed by atoms with van der Waals surface area (Å²) >= 11 is 0. The molecule has 1 aromatic carbocycles. The van der Waals surface area contributed by atoms with Crippen LogP contribution in [0.4, 0.5) is 4.39 Å². The van der Waals surface area contributed by atoms with Crippen LogP contribution < -0.4 is 5.32 Å². The second-order valence-corrected chi connectivity index (χ2v) is 5.76. The second-order valence-electron chi connectivity index (χ2n) is 5.76. The normalized spacial score (nSPS) is 16.8. The molecule has 1 aliphatic rings. The number of hydrogen-bond donors (Lipinski definition) is 1. The van der Waals surface area contributed by atoms with Gasteiger partial charge in [-0.1, -0.05) is 17.3 Å². The molecule has 1 saturated heterocycles. The van der Waals surface area contributed by atoms with E-state index in [1.165, 1.54) is 12.1 Å². The summed E-state index contributed by atoms with van der Waals surface area (Å²) in [6.07, 6.45) is 0. The van der Waals surface area contributed by atoms with Gasteiger partial charge in [-0.15, -0.1) is 0 Å². The first kappa shape index (κ1) is 16.6. The second kappa shape index (κ2) is 7.55. The Labute approximate surface area is 139 Å². The fraction of sp³-hybridized carbons (Fsp3) is 0.412. The quantitative estimate of drug-likeness (QED) is 0.905. The van der Waals surface area contributed by atoms with Crippen molar-refractivity contribution in [3.8, 4) is 0 Å². The van der Waals surface area contributed by atoms with Crippen LogP contribution >= 0.6 is 0 Å². The topological polar surface area (TPSA) is 67.6 Å². The molecule has 0 aliphatic carbocycles. The molecule has 1 aromatic heterocycles. The minimum atomic E-state index is -0.309. The highest BCUT2D eigenvalue weighted by Gasteiger charge is 2.24. The molecule has 6 nitrogen and oxygen atoms in total. The van der Waals surface area contributed by atoms with E-state index >= 15 is 0 Å². The molecule has 0 unspecified atom stereocenters. The molecular formula is C17H20FN3O3. The Morgan fingerprint density at radius 3 is 2.67 bits per heavy atom. The summed E-state index contributed by atoms with van der Waals surface area (Å²) in [4.78, 5) is 14.4. The summed E-state index contributed by atoms with van der Waals surface area (Å²) < 4.78 is 23.6. The lowest BCUT2D eigenvalue weighted by Gasteiger charge is -2.34. The Balaban J connectivity index is 1.71. The van der Waals surface area contributed by atoms with Crippen molar-refractivity contribution >= 4 is 5.91 Å². The van der Waals surface area contributed by atoms with Gasteiger partial charge >= 0.3 is 0 Å². The maximum atomic E-state index is 13.2. The van der Waals surface area contributed by atoms with Gasteiger partial charge in [-0.3, -0.25) is 9.69 Å². The Kier molecular flexibility index (Phi) is 5.22. The minimum Gasteiger partial charge on any atom is -0.379 e. The summed E-state index contributed by atoms with van der Waals surface area (Å²) in [6.45, 7) is 4.97. The standard InChI is InChI=1S/C17H20FN3O3/c1-12-10-16(24-20-12)17(22)19-11-15(21-6-8-23-9-7-21)13-2-4-14(18)5-3-13/h2-5,10,15H,6-9,11H2,1H3,(H,19,22)/t15-/m1/s1. The summed E-state index contributed by atoms with van der Waals surface area (Å²) in [5, 5.41) is 6.59. The molecule has 0 spiro atoms. The van der Waals surface area contributed by atoms with Crippen molar-refractivity contribution in [1.82, 2.24) is 15.4 Å². The third-order valence-corrected chi connectivity index (χ3v) is 4.05. The lowest BCUT2D eigenvalue weighted by molar-refractivity contribution is 0.0161. The molecule has 1 atom stereocenters. The molecule has 1 amide bonds. The summed E-state index contributed by atoms with van der Waals surface area (Å²) in [7, 11) is 0. The fourth-order valence-electron chi connectivity index (χ4n) is 2.78. The monoisotopic (exact) mass is 333 g/mol. The number of nitrogens with zero attached hydrogens (tertiary/aromatic N) is 2. The molecule has 1 aliphatic heterocycles. The molecule has 24 heavy (non-hydrogen) atoms. The van der Waals surface area contributed by atoms with E-state index in [0.29, 0.717) is 25.5 Å². The number of morpholine rings is 1. The van der Waals surface area contributed by atoms with Crippen LogP contribution in [0.25, 0.3) is 0 Å². The van der Waals surface area contributed by atoms with E-state index in [-0.39, 0.29) is 23.5 Å². The van der Waals surface area contributed by atoms with E-state index in [0.717, 1.165) is 18.7 Å². The van der Waals surface area contributed by atoms with Gasteiger partial charge in [-0.2, -0.15) is 0 Å². The van der Waals surface area contributed by atoms with E-state index in [4.69, 9.17) is 9.26 Å². The molecule has 0 radical (unpaired) electrons. The van der Waals surface area contributed by atoms with Crippen molar-refractivity contribution in [2.24, 2.45) is 0 Å². The van der Waals surface area contributed by atoms with Gasteiger partial charge in [0.05, 0.1) is 24.9 Å². The third-order valence-electron chi connectivity index (χ3n) is 4.05. The van der Waals surface area contributed by atoms with E-state index in [1.54, 1.807) is 25.1 Å². The van der Waals surface area contributed by atoms with Crippen LogP contribution in [0.3, 0.4) is 0 Å². The zero-order valence-corrected chi connectivity index (χ0v) is 13.5. The number of benzene rings is 1. The molecule has 2 aromatic rings. The van der Waals surface area contributed by atoms with Crippen LogP contribution in [0, 0.1) is 12.7 Å². The number of amides is 1. The molecule has 1 fully saturated rings. The molecular weight excluding hydrogens is 313 g/mol.